The Morgan fingerprint density at radius 1 is 1.11 bits per heavy atom. The number of fused-ring (bicyclic) bond motifs is 1. The molecule has 0 spiro atoms. The fourth-order valence-electron chi connectivity index (χ4n) is 2.95. The van der Waals surface area contributed by atoms with Crippen molar-refractivity contribution in [2.75, 3.05) is 23.8 Å². The minimum absolute atomic E-state index is 0.201. The van der Waals surface area contributed by atoms with Crippen molar-refractivity contribution in [2.45, 2.75) is 23.5 Å². The van der Waals surface area contributed by atoms with Crippen molar-refractivity contribution in [2.24, 2.45) is 0 Å². The summed E-state index contributed by atoms with van der Waals surface area (Å²) in [6.45, 7) is 4.02. The van der Waals surface area contributed by atoms with Crippen LogP contribution in [0.15, 0.2) is 53.4 Å². The topological polar surface area (TPSA) is 78.5 Å². The minimum atomic E-state index is -1.27. The maximum atomic E-state index is 13.0. The number of hydrogen-bond donors (Lipinski definition) is 2. The van der Waals surface area contributed by atoms with Gasteiger partial charge in [0, 0.05) is 29.7 Å². The van der Waals surface area contributed by atoms with Crippen molar-refractivity contribution in [3.8, 4) is 0 Å². The van der Waals surface area contributed by atoms with E-state index in [9.17, 15) is 14.4 Å². The Labute approximate surface area is 162 Å². The van der Waals surface area contributed by atoms with E-state index in [2.05, 4.69) is 10.6 Å². The van der Waals surface area contributed by atoms with Gasteiger partial charge in [-0.05, 0) is 50.2 Å². The second-order valence-electron chi connectivity index (χ2n) is 6.26. The number of hydrogen-bond acceptors (Lipinski definition) is 4. The number of nitrogens with one attached hydrogen (secondary N) is 2. The molecule has 7 heteroatoms. The van der Waals surface area contributed by atoms with E-state index in [1.54, 1.807) is 43.1 Å². The molecular weight excluding hydrogens is 362 g/mol. The van der Waals surface area contributed by atoms with Crippen molar-refractivity contribution >= 4 is 40.9 Å². The highest BCUT2D eigenvalue weighted by Crippen LogP contribution is 2.45. The largest absolute Gasteiger partial charge is 0.355 e. The normalized spacial score (nSPS) is 18.6. The van der Waals surface area contributed by atoms with Crippen molar-refractivity contribution in [3.05, 3.63) is 54.1 Å². The Morgan fingerprint density at radius 3 is 2.41 bits per heavy atom. The van der Waals surface area contributed by atoms with Crippen LogP contribution in [-0.2, 0) is 9.59 Å². The lowest BCUT2D eigenvalue weighted by Gasteiger charge is -2.38. The third kappa shape index (κ3) is 3.42. The van der Waals surface area contributed by atoms with Crippen LogP contribution in [0.4, 0.5) is 11.4 Å². The lowest BCUT2D eigenvalue weighted by molar-refractivity contribution is -0.128. The number of nitrogens with zero attached hydrogens (tertiary/aromatic N) is 1. The molecule has 1 aliphatic rings. The molecule has 2 aromatic rings. The zero-order valence-corrected chi connectivity index (χ0v) is 16.2. The van der Waals surface area contributed by atoms with Gasteiger partial charge in [-0.15, -0.1) is 0 Å². The fourth-order valence-corrected chi connectivity index (χ4v) is 4.16. The van der Waals surface area contributed by atoms with Gasteiger partial charge in [-0.2, -0.15) is 0 Å². The highest BCUT2D eigenvalue weighted by Gasteiger charge is 2.48. The van der Waals surface area contributed by atoms with Crippen LogP contribution in [0.25, 0.3) is 0 Å². The third-order valence-corrected chi connectivity index (χ3v) is 5.84. The summed E-state index contributed by atoms with van der Waals surface area (Å²) in [5.41, 5.74) is 1.86. The van der Waals surface area contributed by atoms with Gasteiger partial charge < -0.3 is 15.5 Å². The molecule has 2 aromatic carbocycles. The molecule has 2 N–H and O–H groups in total. The van der Waals surface area contributed by atoms with Gasteiger partial charge in [-0.1, -0.05) is 23.9 Å². The van der Waals surface area contributed by atoms with Crippen molar-refractivity contribution in [3.63, 3.8) is 0 Å². The van der Waals surface area contributed by atoms with Gasteiger partial charge in [-0.3, -0.25) is 14.4 Å². The van der Waals surface area contributed by atoms with Crippen LogP contribution in [0.1, 0.15) is 24.2 Å². The molecular formula is C20H21N3O3S. The smallest absolute Gasteiger partial charge is 0.252 e. The first-order valence-electron chi connectivity index (χ1n) is 8.64. The van der Waals surface area contributed by atoms with Gasteiger partial charge >= 0.3 is 0 Å². The van der Waals surface area contributed by atoms with Crippen LogP contribution >= 0.6 is 11.8 Å². The molecule has 27 heavy (non-hydrogen) atoms. The van der Waals surface area contributed by atoms with Crippen LogP contribution in [0.2, 0.25) is 0 Å². The average Bonchev–Trinajstić information content (AvgIpc) is 2.69. The van der Waals surface area contributed by atoms with Crippen LogP contribution < -0.4 is 15.5 Å². The summed E-state index contributed by atoms with van der Waals surface area (Å²) in [6, 6.07) is 14.1. The van der Waals surface area contributed by atoms with Crippen molar-refractivity contribution < 1.29 is 14.4 Å². The number of amides is 3. The Hall–Kier alpha value is -2.80. The quantitative estimate of drug-likeness (QED) is 0.796. The minimum Gasteiger partial charge on any atom is -0.355 e. The van der Waals surface area contributed by atoms with Crippen LogP contribution in [-0.4, -0.2) is 36.1 Å². The summed E-state index contributed by atoms with van der Waals surface area (Å²) in [5.74, 6) is -0.834. The van der Waals surface area contributed by atoms with Gasteiger partial charge in [0.1, 0.15) is 0 Å². The molecule has 0 aromatic heterocycles. The molecule has 0 radical (unpaired) electrons. The average molecular weight is 383 g/mol. The van der Waals surface area contributed by atoms with Crippen LogP contribution in [0.5, 0.6) is 0 Å². The molecule has 3 amide bonds. The Kier molecular flexibility index (Phi) is 5.23. The zero-order valence-electron chi connectivity index (χ0n) is 15.4. The van der Waals surface area contributed by atoms with E-state index >= 15 is 0 Å². The SMILES string of the molecule is CCN1C(=O)C(C)(C(=O)Nc2ccc(C(=O)NC)cc2)Sc2ccccc21. The first-order chi connectivity index (χ1) is 12.9. The predicted molar refractivity (Wildman–Crippen MR) is 107 cm³/mol. The number of rotatable bonds is 4. The first-order valence-corrected chi connectivity index (χ1v) is 9.46. The summed E-state index contributed by atoms with van der Waals surface area (Å²) in [7, 11) is 1.56. The lowest BCUT2D eigenvalue weighted by Crippen LogP contribution is -2.54. The summed E-state index contributed by atoms with van der Waals surface area (Å²) >= 11 is 1.26. The van der Waals surface area contributed by atoms with E-state index in [1.807, 2.05) is 31.2 Å². The maximum Gasteiger partial charge on any atom is 0.252 e. The highest BCUT2D eigenvalue weighted by molar-refractivity contribution is 8.02. The summed E-state index contributed by atoms with van der Waals surface area (Å²) < 4.78 is -1.27. The summed E-state index contributed by atoms with van der Waals surface area (Å²) in [5, 5.41) is 5.35. The van der Waals surface area contributed by atoms with E-state index in [1.165, 1.54) is 11.8 Å². The highest BCUT2D eigenvalue weighted by atomic mass is 32.2. The zero-order chi connectivity index (χ0) is 19.6. The Morgan fingerprint density at radius 2 is 1.78 bits per heavy atom. The number of thioether (sulfide) groups is 1. The fraction of sp³-hybridized carbons (Fsp3) is 0.250. The van der Waals surface area contributed by atoms with Crippen molar-refractivity contribution in [1.82, 2.24) is 5.32 Å². The molecule has 0 bridgehead atoms. The monoisotopic (exact) mass is 383 g/mol. The molecule has 0 fully saturated rings. The van der Waals surface area contributed by atoms with Gasteiger partial charge in [-0.25, -0.2) is 0 Å². The Bertz CT molecular complexity index is 898. The second-order valence-corrected chi connectivity index (χ2v) is 7.72. The van der Waals surface area contributed by atoms with E-state index in [4.69, 9.17) is 0 Å². The predicted octanol–water partition coefficient (Wildman–Crippen LogP) is 2.90. The maximum absolute atomic E-state index is 13.0. The molecule has 6 nitrogen and oxygen atoms in total. The molecule has 0 saturated carbocycles. The summed E-state index contributed by atoms with van der Waals surface area (Å²) in [4.78, 5) is 40.2. The number of para-hydroxylation sites is 1. The van der Waals surface area contributed by atoms with E-state index in [0.29, 0.717) is 17.8 Å². The molecule has 0 saturated heterocycles. The molecule has 140 valence electrons. The van der Waals surface area contributed by atoms with Gasteiger partial charge in [0.2, 0.25) is 5.91 Å². The van der Waals surface area contributed by atoms with E-state index < -0.39 is 10.7 Å². The van der Waals surface area contributed by atoms with Gasteiger partial charge in [0.05, 0.1) is 5.69 Å². The van der Waals surface area contributed by atoms with Crippen molar-refractivity contribution in [1.29, 1.82) is 0 Å². The number of benzene rings is 2. The van der Waals surface area contributed by atoms with Gasteiger partial charge in [0.15, 0.2) is 4.75 Å². The van der Waals surface area contributed by atoms with Crippen LogP contribution in [0, 0.1) is 0 Å². The number of carbonyl (C=O) groups is 3. The molecule has 1 atom stereocenters. The summed E-state index contributed by atoms with van der Waals surface area (Å²) in [6.07, 6.45) is 0. The lowest BCUT2D eigenvalue weighted by atomic mass is 10.1. The first kappa shape index (κ1) is 19.0. The number of anilines is 2. The molecule has 0 aliphatic carbocycles. The Balaban J connectivity index is 1.85. The van der Waals surface area contributed by atoms with E-state index in [0.717, 1.165) is 10.6 Å². The molecule has 1 aliphatic heterocycles. The van der Waals surface area contributed by atoms with Crippen LogP contribution in [0.3, 0.4) is 0 Å². The molecule has 1 unspecified atom stereocenters. The molecule has 3 rings (SSSR count). The number of carbonyl (C=O) groups excluding carboxylic acids is 3. The standard InChI is InChI=1S/C20H21N3O3S/c1-4-23-15-7-5-6-8-16(15)27-20(2,19(23)26)18(25)22-14-11-9-13(10-12-14)17(24)21-3/h5-12H,4H2,1-3H3,(H,21,24)(H,22,25). The second kappa shape index (κ2) is 7.44. The molecule has 1 heterocycles. The third-order valence-electron chi connectivity index (χ3n) is 4.50. The van der Waals surface area contributed by atoms with E-state index in [-0.39, 0.29) is 11.8 Å². The van der Waals surface area contributed by atoms with Gasteiger partial charge in [0.25, 0.3) is 11.8 Å².